The van der Waals surface area contributed by atoms with Crippen LogP contribution in [0.4, 0.5) is 0 Å². The van der Waals surface area contributed by atoms with E-state index in [4.69, 9.17) is 15.6 Å². The van der Waals surface area contributed by atoms with Crippen molar-refractivity contribution in [3.63, 3.8) is 0 Å². The van der Waals surface area contributed by atoms with Gasteiger partial charge >= 0.3 is 0 Å². The van der Waals surface area contributed by atoms with Crippen LogP contribution in [0.25, 0.3) is 5.69 Å². The summed E-state index contributed by atoms with van der Waals surface area (Å²) >= 11 is 1.56. The third-order valence-corrected chi connectivity index (χ3v) is 4.26. The Morgan fingerprint density at radius 3 is 2.90 bits per heavy atom. The van der Waals surface area contributed by atoms with Crippen LogP contribution in [0, 0.1) is 5.92 Å². The quantitative estimate of drug-likeness (QED) is 0.753. The zero-order valence-electron chi connectivity index (χ0n) is 12.2. The molecule has 2 aromatic rings. The van der Waals surface area contributed by atoms with Gasteiger partial charge in [-0.3, -0.25) is 4.57 Å². The molecule has 7 heteroatoms. The first-order valence-corrected chi connectivity index (χ1v) is 7.70. The van der Waals surface area contributed by atoms with Gasteiger partial charge in [0.25, 0.3) is 0 Å². The number of nitrogens with two attached hydrogens (primary N) is 1. The number of hydrogen-bond donors (Lipinski definition) is 2. The predicted molar refractivity (Wildman–Crippen MR) is 82.8 cm³/mol. The molecule has 0 aliphatic heterocycles. The van der Waals surface area contributed by atoms with Gasteiger partial charge in [-0.15, -0.1) is 10.2 Å². The number of ether oxygens (including phenoxy) is 1. The Balaban J connectivity index is 2.33. The number of thioether (sulfide) groups is 1. The first-order valence-electron chi connectivity index (χ1n) is 6.72. The smallest absolute Gasteiger partial charge is 0.195 e. The Morgan fingerprint density at radius 1 is 1.43 bits per heavy atom. The molecular formula is C14H20N4O2S. The van der Waals surface area contributed by atoms with Gasteiger partial charge in [-0.1, -0.05) is 24.8 Å². The molecule has 21 heavy (non-hydrogen) atoms. The molecule has 0 saturated carbocycles. The average Bonchev–Trinajstić information content (AvgIpc) is 2.95. The molecule has 0 saturated heterocycles. The van der Waals surface area contributed by atoms with Gasteiger partial charge in [0.05, 0.1) is 19.3 Å². The first-order chi connectivity index (χ1) is 10.2. The van der Waals surface area contributed by atoms with Crippen LogP contribution in [0.5, 0.6) is 5.75 Å². The van der Waals surface area contributed by atoms with Crippen molar-refractivity contribution in [2.45, 2.75) is 18.6 Å². The Hall–Kier alpha value is -1.57. The van der Waals surface area contributed by atoms with Gasteiger partial charge in [-0.25, -0.2) is 0 Å². The molecule has 0 radical (unpaired) electrons. The lowest BCUT2D eigenvalue weighted by Crippen LogP contribution is -2.09. The fourth-order valence-electron chi connectivity index (χ4n) is 1.80. The Morgan fingerprint density at radius 2 is 2.24 bits per heavy atom. The van der Waals surface area contributed by atoms with Gasteiger partial charge in [0.15, 0.2) is 11.0 Å². The maximum Gasteiger partial charge on any atom is 0.195 e. The van der Waals surface area contributed by atoms with E-state index in [2.05, 4.69) is 10.2 Å². The molecule has 6 nitrogen and oxygen atoms in total. The summed E-state index contributed by atoms with van der Waals surface area (Å²) in [5, 5.41) is 18.2. The summed E-state index contributed by atoms with van der Waals surface area (Å²) < 4.78 is 7.18. The zero-order valence-corrected chi connectivity index (χ0v) is 13.0. The molecule has 1 aromatic carbocycles. The highest BCUT2D eigenvalue weighted by molar-refractivity contribution is 7.99. The molecule has 2 rings (SSSR count). The van der Waals surface area contributed by atoms with Gasteiger partial charge < -0.3 is 15.6 Å². The summed E-state index contributed by atoms with van der Waals surface area (Å²) in [6.07, 6.45) is 0. The van der Waals surface area contributed by atoms with Crippen molar-refractivity contribution in [1.29, 1.82) is 0 Å². The minimum Gasteiger partial charge on any atom is -0.497 e. The topological polar surface area (TPSA) is 86.2 Å². The van der Waals surface area contributed by atoms with Crippen LogP contribution >= 0.6 is 11.8 Å². The van der Waals surface area contributed by atoms with Crippen LogP contribution < -0.4 is 10.5 Å². The van der Waals surface area contributed by atoms with E-state index in [1.807, 2.05) is 35.8 Å². The maximum atomic E-state index is 9.13. The monoisotopic (exact) mass is 308 g/mol. The van der Waals surface area contributed by atoms with Crippen molar-refractivity contribution >= 4 is 11.8 Å². The third-order valence-electron chi connectivity index (χ3n) is 3.00. The molecule has 1 atom stereocenters. The lowest BCUT2D eigenvalue weighted by molar-refractivity contribution is 0.250. The van der Waals surface area contributed by atoms with Crippen LogP contribution in [0.3, 0.4) is 0 Å². The Bertz CT molecular complexity index is 588. The highest BCUT2D eigenvalue weighted by Gasteiger charge is 2.15. The molecule has 0 aliphatic carbocycles. The van der Waals surface area contributed by atoms with Crippen molar-refractivity contribution in [3.8, 4) is 11.4 Å². The van der Waals surface area contributed by atoms with Crippen LogP contribution in [-0.4, -0.2) is 39.3 Å². The average molecular weight is 308 g/mol. The minimum atomic E-state index is 0.157. The number of hydrogen-bond acceptors (Lipinski definition) is 6. The minimum absolute atomic E-state index is 0.157. The lowest BCUT2D eigenvalue weighted by atomic mass is 10.2. The van der Waals surface area contributed by atoms with Crippen molar-refractivity contribution in [2.24, 2.45) is 11.7 Å². The molecule has 1 aromatic heterocycles. The van der Waals surface area contributed by atoms with E-state index in [9.17, 15) is 0 Å². The molecule has 1 heterocycles. The molecule has 114 valence electrons. The lowest BCUT2D eigenvalue weighted by Gasteiger charge is -2.11. The summed E-state index contributed by atoms with van der Waals surface area (Å²) in [4.78, 5) is 0. The Kier molecular flexibility index (Phi) is 5.60. The van der Waals surface area contributed by atoms with Crippen LogP contribution in [0.1, 0.15) is 12.7 Å². The molecule has 0 aliphatic rings. The number of aliphatic hydroxyl groups excluding tert-OH is 1. The molecule has 1 unspecified atom stereocenters. The zero-order chi connectivity index (χ0) is 15.2. The second kappa shape index (κ2) is 7.44. The van der Waals surface area contributed by atoms with Gasteiger partial charge in [0, 0.05) is 18.4 Å². The van der Waals surface area contributed by atoms with Crippen molar-refractivity contribution in [1.82, 2.24) is 14.8 Å². The van der Waals surface area contributed by atoms with Crippen molar-refractivity contribution in [3.05, 3.63) is 30.1 Å². The molecule has 0 amide bonds. The predicted octanol–water partition coefficient (Wildman–Crippen LogP) is 1.46. The fourth-order valence-corrected chi connectivity index (χ4v) is 2.78. The molecule has 0 bridgehead atoms. The molecule has 0 fully saturated rings. The van der Waals surface area contributed by atoms with Gasteiger partial charge in [0.1, 0.15) is 5.75 Å². The largest absolute Gasteiger partial charge is 0.497 e. The molecule has 0 spiro atoms. The van der Waals surface area contributed by atoms with E-state index >= 15 is 0 Å². The maximum absolute atomic E-state index is 9.13. The van der Waals surface area contributed by atoms with E-state index in [0.29, 0.717) is 12.4 Å². The van der Waals surface area contributed by atoms with E-state index < -0.39 is 0 Å². The highest BCUT2D eigenvalue weighted by atomic mass is 32.2. The second-order valence-electron chi connectivity index (χ2n) is 4.74. The molecular weight excluding hydrogens is 288 g/mol. The standard InChI is InChI=1S/C14H20N4O2S/c1-10(8-19)9-21-14-17-16-13(7-15)18(14)11-4-3-5-12(6-11)20-2/h3-6,10,19H,7-9,15H2,1-2H3. The first kappa shape index (κ1) is 15.8. The van der Waals surface area contributed by atoms with E-state index in [0.717, 1.165) is 22.3 Å². The SMILES string of the molecule is COc1cccc(-n2c(CN)nnc2SCC(C)CO)c1. The van der Waals surface area contributed by atoms with E-state index in [1.54, 1.807) is 18.9 Å². The van der Waals surface area contributed by atoms with Crippen LogP contribution in [0.15, 0.2) is 29.4 Å². The van der Waals surface area contributed by atoms with Crippen LogP contribution in [-0.2, 0) is 6.54 Å². The van der Waals surface area contributed by atoms with Gasteiger partial charge in [-0.05, 0) is 18.1 Å². The number of rotatable bonds is 7. The van der Waals surface area contributed by atoms with Crippen molar-refractivity contribution in [2.75, 3.05) is 19.5 Å². The van der Waals surface area contributed by atoms with Crippen LogP contribution in [0.2, 0.25) is 0 Å². The van der Waals surface area contributed by atoms with E-state index in [1.165, 1.54) is 0 Å². The van der Waals surface area contributed by atoms with Crippen molar-refractivity contribution < 1.29 is 9.84 Å². The number of nitrogens with zero attached hydrogens (tertiary/aromatic N) is 3. The summed E-state index contributed by atoms with van der Waals surface area (Å²) in [5.41, 5.74) is 6.67. The summed E-state index contributed by atoms with van der Waals surface area (Å²) in [6.45, 7) is 2.45. The second-order valence-corrected chi connectivity index (χ2v) is 5.73. The number of aromatic nitrogens is 3. The van der Waals surface area contributed by atoms with Gasteiger partial charge in [-0.2, -0.15) is 0 Å². The summed E-state index contributed by atoms with van der Waals surface area (Å²) in [5.74, 6) is 2.43. The summed E-state index contributed by atoms with van der Waals surface area (Å²) in [7, 11) is 1.63. The number of methoxy groups -OCH3 is 1. The van der Waals surface area contributed by atoms with E-state index in [-0.39, 0.29) is 12.5 Å². The molecule has 3 N–H and O–H groups in total. The Labute approximate surface area is 128 Å². The number of benzene rings is 1. The number of aliphatic hydroxyl groups is 1. The fraction of sp³-hybridized carbons (Fsp3) is 0.429. The third kappa shape index (κ3) is 3.75. The summed E-state index contributed by atoms with van der Waals surface area (Å²) in [6, 6.07) is 7.68. The highest BCUT2D eigenvalue weighted by Crippen LogP contribution is 2.25. The van der Waals surface area contributed by atoms with Gasteiger partial charge in [0.2, 0.25) is 0 Å². The normalized spacial score (nSPS) is 12.4.